The third-order valence-electron chi connectivity index (χ3n) is 4.28. The molecule has 0 aromatic heterocycles. The molecule has 0 radical (unpaired) electrons. The second-order valence-corrected chi connectivity index (χ2v) is 7.37. The molecule has 0 fully saturated rings. The van der Waals surface area contributed by atoms with Crippen LogP contribution in [0.25, 0.3) is 0 Å². The van der Waals surface area contributed by atoms with Gasteiger partial charge >= 0.3 is 0 Å². The van der Waals surface area contributed by atoms with E-state index in [4.69, 9.17) is 27.5 Å². The number of carbonyl (C=O) groups is 2. The van der Waals surface area contributed by atoms with Gasteiger partial charge in [0.05, 0.1) is 18.3 Å². The van der Waals surface area contributed by atoms with Crippen LogP contribution in [-0.4, -0.2) is 37.8 Å². The van der Waals surface area contributed by atoms with Gasteiger partial charge in [-0.25, -0.2) is 9.82 Å². The summed E-state index contributed by atoms with van der Waals surface area (Å²) in [5, 5.41) is 6.83. The van der Waals surface area contributed by atoms with Crippen molar-refractivity contribution in [2.45, 2.75) is 19.9 Å². The zero-order chi connectivity index (χ0) is 23.7. The number of amides is 2. The lowest BCUT2D eigenvalue weighted by Gasteiger charge is -2.20. The number of hydrogen-bond acceptors (Lipinski definition) is 5. The average molecular weight is 460 g/mol. The molecule has 0 heterocycles. The molecule has 0 aliphatic rings. The molecule has 0 aliphatic heterocycles. The number of terminal acetylenes is 1. The van der Waals surface area contributed by atoms with Gasteiger partial charge in [-0.05, 0) is 47.9 Å². The van der Waals surface area contributed by atoms with Crippen molar-refractivity contribution in [3.8, 4) is 23.8 Å². The lowest BCUT2D eigenvalue weighted by molar-refractivity contribution is -0.123. The van der Waals surface area contributed by atoms with Crippen molar-refractivity contribution >= 4 is 29.6 Å². The minimum absolute atomic E-state index is 0.0276. The highest BCUT2D eigenvalue weighted by Gasteiger charge is 2.24. The molecule has 2 N–H and O–H groups in total. The zero-order valence-corrected chi connectivity index (χ0v) is 18.6. The number of halogens is 2. The van der Waals surface area contributed by atoms with Crippen molar-refractivity contribution in [1.82, 2.24) is 10.7 Å². The van der Waals surface area contributed by atoms with E-state index >= 15 is 0 Å². The summed E-state index contributed by atoms with van der Waals surface area (Å²) in [6.07, 6.45) is 6.57. The quantitative estimate of drug-likeness (QED) is 0.341. The van der Waals surface area contributed by atoms with Crippen molar-refractivity contribution in [3.05, 3.63) is 58.4 Å². The molecule has 7 nitrogen and oxygen atoms in total. The Morgan fingerprint density at radius 3 is 2.56 bits per heavy atom. The number of nitrogens with one attached hydrogen (secondary N) is 2. The van der Waals surface area contributed by atoms with Gasteiger partial charge in [0, 0.05) is 5.56 Å². The van der Waals surface area contributed by atoms with Crippen LogP contribution in [-0.2, 0) is 4.79 Å². The largest absolute Gasteiger partial charge is 0.493 e. The molecule has 1 atom stereocenters. The summed E-state index contributed by atoms with van der Waals surface area (Å²) in [7, 11) is 1.45. The predicted octanol–water partition coefficient (Wildman–Crippen LogP) is 3.40. The van der Waals surface area contributed by atoms with Crippen LogP contribution in [0.1, 0.15) is 29.8 Å². The highest BCUT2D eigenvalue weighted by atomic mass is 35.5. The Morgan fingerprint density at radius 1 is 1.28 bits per heavy atom. The number of nitrogens with zero attached hydrogens (tertiary/aromatic N) is 1. The summed E-state index contributed by atoms with van der Waals surface area (Å²) in [5.41, 5.74) is 3.18. The fourth-order valence-corrected chi connectivity index (χ4v) is 2.94. The Morgan fingerprint density at radius 2 is 1.97 bits per heavy atom. The molecule has 0 saturated carbocycles. The van der Waals surface area contributed by atoms with E-state index in [2.05, 4.69) is 21.8 Å². The topological polar surface area (TPSA) is 89.0 Å². The minimum Gasteiger partial charge on any atom is -0.493 e. The van der Waals surface area contributed by atoms with Crippen LogP contribution in [0, 0.1) is 24.1 Å². The van der Waals surface area contributed by atoms with E-state index in [1.165, 1.54) is 37.6 Å². The molecular formula is C23H23ClFN3O4. The molecule has 32 heavy (non-hydrogen) atoms. The van der Waals surface area contributed by atoms with Crippen molar-refractivity contribution in [1.29, 1.82) is 0 Å². The van der Waals surface area contributed by atoms with Gasteiger partial charge in [-0.1, -0.05) is 31.4 Å². The fraction of sp³-hybridized carbons (Fsp3) is 0.261. The van der Waals surface area contributed by atoms with Gasteiger partial charge in [0.1, 0.15) is 18.5 Å². The number of hydrazone groups is 1. The van der Waals surface area contributed by atoms with Gasteiger partial charge in [0.2, 0.25) is 0 Å². The highest BCUT2D eigenvalue weighted by Crippen LogP contribution is 2.35. The second kappa shape index (κ2) is 11.7. The van der Waals surface area contributed by atoms with Gasteiger partial charge in [-0.2, -0.15) is 5.10 Å². The van der Waals surface area contributed by atoms with E-state index in [9.17, 15) is 14.0 Å². The van der Waals surface area contributed by atoms with E-state index in [1.54, 1.807) is 26.0 Å². The number of carbonyl (C=O) groups excluding carboxylic acids is 2. The number of ether oxygens (including phenoxy) is 2. The number of rotatable bonds is 9. The molecule has 2 rings (SSSR count). The number of methoxy groups -OCH3 is 1. The van der Waals surface area contributed by atoms with Crippen molar-refractivity contribution in [2.75, 3.05) is 13.7 Å². The molecule has 2 aromatic carbocycles. The van der Waals surface area contributed by atoms with Gasteiger partial charge < -0.3 is 14.8 Å². The molecule has 0 saturated heterocycles. The third-order valence-corrected chi connectivity index (χ3v) is 4.56. The molecular weight excluding hydrogens is 437 g/mol. The van der Waals surface area contributed by atoms with Gasteiger partial charge in [-0.3, -0.25) is 9.59 Å². The van der Waals surface area contributed by atoms with E-state index in [0.717, 1.165) is 0 Å². The van der Waals surface area contributed by atoms with Gasteiger partial charge in [-0.15, -0.1) is 6.42 Å². The summed E-state index contributed by atoms with van der Waals surface area (Å²) in [5.74, 6) is 1.31. The Hall–Kier alpha value is -3.57. The van der Waals surface area contributed by atoms with Crippen LogP contribution in [0.5, 0.6) is 11.5 Å². The van der Waals surface area contributed by atoms with Crippen LogP contribution in [0.3, 0.4) is 0 Å². The first-order valence-corrected chi connectivity index (χ1v) is 9.97. The molecule has 2 amide bonds. The Labute approximate surface area is 190 Å². The first-order chi connectivity index (χ1) is 15.3. The summed E-state index contributed by atoms with van der Waals surface area (Å²) < 4.78 is 23.7. The number of hydrogen-bond donors (Lipinski definition) is 2. The van der Waals surface area contributed by atoms with Crippen LogP contribution in [0.2, 0.25) is 5.02 Å². The van der Waals surface area contributed by atoms with E-state index in [1.807, 2.05) is 0 Å². The summed E-state index contributed by atoms with van der Waals surface area (Å²) in [6.45, 7) is 3.58. The Bertz CT molecular complexity index is 1030. The standard InChI is InChI=1S/C23H23ClFN3O4/c1-5-10-32-21-18(24)11-15(12-19(21)31-4)13-26-28-23(30)20(14(2)3)27-22(29)16-6-8-17(25)9-7-16/h1,6-9,11-14,20H,10H2,2-4H3,(H,27,29)(H,28,30). The maximum atomic E-state index is 13.1. The van der Waals surface area contributed by atoms with Gasteiger partial charge in [0.15, 0.2) is 11.5 Å². The third kappa shape index (κ3) is 6.72. The Kier molecular flexibility index (Phi) is 9.05. The molecule has 0 spiro atoms. The summed E-state index contributed by atoms with van der Waals surface area (Å²) in [6, 6.07) is 7.35. The van der Waals surface area contributed by atoms with Crippen molar-refractivity contribution < 1.29 is 23.5 Å². The van der Waals surface area contributed by atoms with Gasteiger partial charge in [0.25, 0.3) is 11.8 Å². The molecule has 1 unspecified atom stereocenters. The maximum Gasteiger partial charge on any atom is 0.262 e. The molecule has 0 aliphatic carbocycles. The van der Waals surface area contributed by atoms with Crippen molar-refractivity contribution in [3.63, 3.8) is 0 Å². The molecule has 2 aromatic rings. The smallest absolute Gasteiger partial charge is 0.262 e. The van der Waals surface area contributed by atoms with E-state index in [0.29, 0.717) is 17.1 Å². The zero-order valence-electron chi connectivity index (χ0n) is 17.8. The van der Waals surface area contributed by atoms with Crippen LogP contribution in [0.4, 0.5) is 4.39 Å². The van der Waals surface area contributed by atoms with Crippen LogP contribution < -0.4 is 20.2 Å². The Balaban J connectivity index is 2.08. The van der Waals surface area contributed by atoms with E-state index in [-0.39, 0.29) is 23.1 Å². The fourth-order valence-electron chi connectivity index (χ4n) is 2.67. The second-order valence-electron chi connectivity index (χ2n) is 6.96. The first-order valence-electron chi connectivity index (χ1n) is 9.60. The average Bonchev–Trinajstić information content (AvgIpc) is 2.76. The van der Waals surface area contributed by atoms with Crippen molar-refractivity contribution in [2.24, 2.45) is 11.0 Å². The summed E-state index contributed by atoms with van der Waals surface area (Å²) >= 11 is 6.21. The van der Waals surface area contributed by atoms with Crippen LogP contribution >= 0.6 is 11.6 Å². The lowest BCUT2D eigenvalue weighted by atomic mass is 10.0. The van der Waals surface area contributed by atoms with Crippen LogP contribution in [0.15, 0.2) is 41.5 Å². The monoisotopic (exact) mass is 459 g/mol. The highest BCUT2D eigenvalue weighted by molar-refractivity contribution is 6.32. The molecule has 168 valence electrons. The molecule has 0 bridgehead atoms. The normalized spacial score (nSPS) is 11.7. The first kappa shape index (κ1) is 24.7. The number of benzene rings is 2. The minimum atomic E-state index is -0.859. The SMILES string of the molecule is C#CCOc1c(Cl)cc(C=NNC(=O)C(NC(=O)c2ccc(F)cc2)C(C)C)cc1OC. The predicted molar refractivity (Wildman–Crippen MR) is 121 cm³/mol. The lowest BCUT2D eigenvalue weighted by Crippen LogP contribution is -2.48. The van der Waals surface area contributed by atoms with E-state index < -0.39 is 23.7 Å². The maximum absolute atomic E-state index is 13.1. The summed E-state index contributed by atoms with van der Waals surface area (Å²) in [4.78, 5) is 24.9. The molecule has 9 heteroatoms.